The lowest BCUT2D eigenvalue weighted by molar-refractivity contribution is 0.0950. The van der Waals surface area contributed by atoms with E-state index in [1.807, 2.05) is 37.4 Å². The summed E-state index contributed by atoms with van der Waals surface area (Å²) >= 11 is 1.64. The molecule has 1 N–H and O–H groups in total. The van der Waals surface area contributed by atoms with Gasteiger partial charge in [0.15, 0.2) is 0 Å². The Labute approximate surface area is 174 Å². The molecule has 5 nitrogen and oxygen atoms in total. The first-order valence-corrected chi connectivity index (χ1v) is 10.9. The van der Waals surface area contributed by atoms with Gasteiger partial charge in [0.05, 0.1) is 10.7 Å². The third-order valence-electron chi connectivity index (χ3n) is 5.43. The zero-order valence-corrected chi connectivity index (χ0v) is 17.6. The van der Waals surface area contributed by atoms with Crippen LogP contribution >= 0.6 is 11.3 Å². The average Bonchev–Trinajstić information content (AvgIpc) is 3.34. The maximum Gasteiger partial charge on any atom is 0.268 e. The van der Waals surface area contributed by atoms with Gasteiger partial charge >= 0.3 is 0 Å². The molecule has 150 valence electrons. The number of nitrogens with zero attached hydrogens (tertiary/aromatic N) is 2. The molecule has 0 atom stereocenters. The van der Waals surface area contributed by atoms with Gasteiger partial charge in [-0.15, -0.1) is 11.3 Å². The number of thiazole rings is 1. The predicted octanol–water partition coefficient (Wildman–Crippen LogP) is 3.76. The van der Waals surface area contributed by atoms with E-state index >= 15 is 0 Å². The summed E-state index contributed by atoms with van der Waals surface area (Å²) in [5.41, 5.74) is 5.14. The first-order chi connectivity index (χ1) is 14.0. The summed E-state index contributed by atoms with van der Waals surface area (Å²) in [4.78, 5) is 30.4. The molecule has 2 heterocycles. The maximum atomic E-state index is 13.2. The molecule has 6 heteroatoms. The van der Waals surface area contributed by atoms with Gasteiger partial charge in [-0.2, -0.15) is 0 Å². The number of aromatic nitrogens is 2. The van der Waals surface area contributed by atoms with Crippen LogP contribution in [-0.2, 0) is 19.3 Å². The van der Waals surface area contributed by atoms with Gasteiger partial charge in [0, 0.05) is 30.2 Å². The highest BCUT2D eigenvalue weighted by Gasteiger charge is 2.20. The fourth-order valence-corrected chi connectivity index (χ4v) is 4.78. The summed E-state index contributed by atoms with van der Waals surface area (Å²) < 4.78 is 1.63. The van der Waals surface area contributed by atoms with Crippen LogP contribution in [0.1, 0.15) is 50.6 Å². The molecule has 0 spiro atoms. The number of carbonyl (C=O) groups excluding carboxylic acids is 1. The molecule has 1 aromatic carbocycles. The third-order valence-corrected chi connectivity index (χ3v) is 6.45. The molecule has 1 aliphatic carbocycles. The molecular weight excluding hydrogens is 382 g/mol. The number of amides is 1. The van der Waals surface area contributed by atoms with Gasteiger partial charge in [0.2, 0.25) is 0 Å². The lowest BCUT2D eigenvalue weighted by Gasteiger charge is -2.14. The van der Waals surface area contributed by atoms with Crippen molar-refractivity contribution < 1.29 is 4.79 Å². The fourth-order valence-electron chi connectivity index (χ4n) is 3.97. The Hall–Kier alpha value is -2.73. The van der Waals surface area contributed by atoms with E-state index < -0.39 is 0 Å². The van der Waals surface area contributed by atoms with Gasteiger partial charge in [-0.3, -0.25) is 14.2 Å². The first-order valence-electron chi connectivity index (χ1n) is 10.1. The number of fused-ring (bicyclic) bond motifs is 1. The summed E-state index contributed by atoms with van der Waals surface area (Å²) in [7, 11) is 0. The number of hydrogen-bond donors (Lipinski definition) is 1. The molecule has 29 heavy (non-hydrogen) atoms. The Bertz CT molecular complexity index is 1110. The van der Waals surface area contributed by atoms with Crippen molar-refractivity contribution in [2.24, 2.45) is 0 Å². The zero-order valence-electron chi connectivity index (χ0n) is 16.8. The minimum absolute atomic E-state index is 0.230. The molecular formula is C23H25N3O2S. The molecule has 2 aromatic heterocycles. The Morgan fingerprint density at radius 1 is 1.24 bits per heavy atom. The second-order valence-electron chi connectivity index (χ2n) is 7.56. The van der Waals surface area contributed by atoms with Crippen molar-refractivity contribution in [2.45, 2.75) is 46.0 Å². The molecule has 0 radical (unpaired) electrons. The minimum Gasteiger partial charge on any atom is -0.352 e. The average molecular weight is 408 g/mol. The highest BCUT2D eigenvalue weighted by molar-refractivity contribution is 7.09. The topological polar surface area (TPSA) is 64.0 Å². The van der Waals surface area contributed by atoms with E-state index in [4.69, 9.17) is 0 Å². The standard InChI is InChI=1S/C23H25N3O2S/c1-15-11-13-26(19-9-4-7-17-6-3-8-18(17)19)23(28)21(15)22(27)24-12-5-10-20-25-16(2)14-29-20/h4,7,9,11,13-14H,3,5-6,8,10,12H2,1-2H3,(H,24,27). The molecule has 3 aromatic rings. The van der Waals surface area contributed by atoms with Gasteiger partial charge in [-0.1, -0.05) is 12.1 Å². The highest BCUT2D eigenvalue weighted by Crippen LogP contribution is 2.27. The van der Waals surface area contributed by atoms with Crippen LogP contribution in [-0.4, -0.2) is 22.0 Å². The van der Waals surface area contributed by atoms with Crippen molar-refractivity contribution in [3.63, 3.8) is 0 Å². The Morgan fingerprint density at radius 3 is 2.90 bits per heavy atom. The van der Waals surface area contributed by atoms with Gasteiger partial charge in [0.1, 0.15) is 5.56 Å². The van der Waals surface area contributed by atoms with Crippen molar-refractivity contribution in [2.75, 3.05) is 6.54 Å². The summed E-state index contributed by atoms with van der Waals surface area (Å²) in [6.45, 7) is 4.31. The number of carbonyl (C=O) groups is 1. The highest BCUT2D eigenvalue weighted by atomic mass is 32.1. The summed E-state index contributed by atoms with van der Waals surface area (Å²) in [6.07, 6.45) is 6.54. The fraction of sp³-hybridized carbons (Fsp3) is 0.348. The summed E-state index contributed by atoms with van der Waals surface area (Å²) in [5.74, 6) is -0.301. The third kappa shape index (κ3) is 4.03. The van der Waals surface area contributed by atoms with Gasteiger partial charge < -0.3 is 5.32 Å². The van der Waals surface area contributed by atoms with E-state index in [-0.39, 0.29) is 17.0 Å². The van der Waals surface area contributed by atoms with Crippen LogP contribution in [0, 0.1) is 13.8 Å². The van der Waals surface area contributed by atoms with Crippen molar-refractivity contribution in [1.29, 1.82) is 0 Å². The van der Waals surface area contributed by atoms with Crippen molar-refractivity contribution in [3.05, 3.63) is 79.2 Å². The number of rotatable bonds is 6. The number of benzene rings is 1. The summed E-state index contributed by atoms with van der Waals surface area (Å²) in [6, 6.07) is 7.94. The number of aryl methyl sites for hydroxylation is 4. The molecule has 0 saturated carbocycles. The van der Waals surface area contributed by atoms with Crippen molar-refractivity contribution >= 4 is 17.2 Å². The van der Waals surface area contributed by atoms with Gasteiger partial charge in [-0.05, 0) is 68.4 Å². The lowest BCUT2D eigenvalue weighted by Crippen LogP contribution is -2.34. The molecule has 4 rings (SSSR count). The van der Waals surface area contributed by atoms with Gasteiger partial charge in [-0.25, -0.2) is 4.98 Å². The second-order valence-corrected chi connectivity index (χ2v) is 8.50. The van der Waals surface area contributed by atoms with Crippen molar-refractivity contribution in [3.8, 4) is 5.69 Å². The van der Waals surface area contributed by atoms with Crippen LogP contribution in [0.25, 0.3) is 5.69 Å². The molecule has 0 fully saturated rings. The zero-order chi connectivity index (χ0) is 20.4. The molecule has 0 bridgehead atoms. The molecule has 0 aliphatic heterocycles. The van der Waals surface area contributed by atoms with E-state index in [0.29, 0.717) is 12.1 Å². The van der Waals surface area contributed by atoms with Crippen LogP contribution in [0.2, 0.25) is 0 Å². The Morgan fingerprint density at radius 2 is 2.10 bits per heavy atom. The van der Waals surface area contributed by atoms with Crippen LogP contribution < -0.4 is 10.9 Å². The van der Waals surface area contributed by atoms with E-state index in [1.165, 1.54) is 11.1 Å². The van der Waals surface area contributed by atoms with E-state index in [1.54, 1.807) is 22.1 Å². The van der Waals surface area contributed by atoms with Crippen molar-refractivity contribution in [1.82, 2.24) is 14.9 Å². The van der Waals surface area contributed by atoms with Crippen LogP contribution in [0.4, 0.5) is 0 Å². The quantitative estimate of drug-likeness (QED) is 0.633. The van der Waals surface area contributed by atoms with Gasteiger partial charge in [0.25, 0.3) is 11.5 Å². The van der Waals surface area contributed by atoms with E-state index in [2.05, 4.69) is 16.4 Å². The monoisotopic (exact) mass is 407 g/mol. The smallest absolute Gasteiger partial charge is 0.268 e. The minimum atomic E-state index is -0.301. The molecule has 0 unspecified atom stereocenters. The largest absolute Gasteiger partial charge is 0.352 e. The maximum absolute atomic E-state index is 13.2. The second kappa shape index (κ2) is 8.33. The summed E-state index contributed by atoms with van der Waals surface area (Å²) in [5, 5.41) is 6.02. The van der Waals surface area contributed by atoms with Crippen LogP contribution in [0.15, 0.2) is 40.6 Å². The number of hydrogen-bond acceptors (Lipinski definition) is 4. The Balaban J connectivity index is 1.52. The number of nitrogens with one attached hydrogen (secondary N) is 1. The predicted molar refractivity (Wildman–Crippen MR) is 116 cm³/mol. The van der Waals surface area contributed by atoms with Crippen LogP contribution in [0.5, 0.6) is 0 Å². The molecule has 1 aliphatic rings. The molecule has 0 saturated heterocycles. The van der Waals surface area contributed by atoms with E-state index in [0.717, 1.165) is 48.5 Å². The molecule has 1 amide bonds. The Kier molecular flexibility index (Phi) is 5.62. The number of pyridine rings is 1. The van der Waals surface area contributed by atoms with Crippen LogP contribution in [0.3, 0.4) is 0 Å². The normalized spacial score (nSPS) is 12.8. The van der Waals surface area contributed by atoms with E-state index in [9.17, 15) is 9.59 Å². The SMILES string of the molecule is Cc1csc(CCCNC(=O)c2c(C)ccn(-c3cccc4c3CCC4)c2=O)n1. The lowest BCUT2D eigenvalue weighted by atomic mass is 10.1. The first kappa shape index (κ1) is 19.6.